The van der Waals surface area contributed by atoms with Gasteiger partial charge in [0.1, 0.15) is 5.54 Å². The van der Waals surface area contributed by atoms with Gasteiger partial charge in [-0.15, -0.1) is 0 Å². The van der Waals surface area contributed by atoms with E-state index in [4.69, 9.17) is 0 Å². The summed E-state index contributed by atoms with van der Waals surface area (Å²) in [5.41, 5.74) is 2.57. The fourth-order valence-electron chi connectivity index (χ4n) is 2.56. The van der Waals surface area contributed by atoms with Gasteiger partial charge in [0.2, 0.25) is 0 Å². The van der Waals surface area contributed by atoms with E-state index in [1.54, 1.807) is 0 Å². The molecule has 1 aliphatic heterocycles. The van der Waals surface area contributed by atoms with Crippen molar-refractivity contribution in [1.29, 1.82) is 5.26 Å². The van der Waals surface area contributed by atoms with Crippen molar-refractivity contribution in [3.8, 4) is 6.07 Å². The van der Waals surface area contributed by atoms with Gasteiger partial charge in [0.05, 0.1) is 6.07 Å². The van der Waals surface area contributed by atoms with Crippen molar-refractivity contribution < 1.29 is 0 Å². The molecule has 3 nitrogen and oxygen atoms in total. The Bertz CT molecular complexity index is 436. The molecule has 1 aromatic rings. The number of rotatable bonds is 4. The molecule has 1 heterocycles. The molecule has 1 N–H and O–H groups in total. The van der Waals surface area contributed by atoms with Crippen LogP contribution in [0.15, 0.2) is 24.3 Å². The largest absolute Gasteiger partial charge is 0.303 e. The molecule has 0 bridgehead atoms. The summed E-state index contributed by atoms with van der Waals surface area (Å²) in [5.74, 6) is 0. The van der Waals surface area contributed by atoms with E-state index in [1.165, 1.54) is 11.1 Å². The van der Waals surface area contributed by atoms with Crippen molar-refractivity contribution in [2.75, 3.05) is 26.7 Å². The van der Waals surface area contributed by atoms with Crippen LogP contribution in [0.2, 0.25) is 0 Å². The van der Waals surface area contributed by atoms with Crippen LogP contribution in [0.3, 0.4) is 0 Å². The van der Waals surface area contributed by atoms with Gasteiger partial charge in [-0.05, 0) is 44.4 Å². The monoisotopic (exact) mass is 257 g/mol. The quantitative estimate of drug-likeness (QED) is 0.896. The molecule has 1 unspecified atom stereocenters. The lowest BCUT2D eigenvalue weighted by molar-refractivity contribution is 0.258. The zero-order valence-electron chi connectivity index (χ0n) is 11.9. The highest BCUT2D eigenvalue weighted by molar-refractivity contribution is 5.28. The molecule has 1 atom stereocenters. The normalized spacial score (nSPS) is 19.0. The smallest absolute Gasteiger partial charge is 0.104 e. The van der Waals surface area contributed by atoms with Gasteiger partial charge in [-0.3, -0.25) is 0 Å². The topological polar surface area (TPSA) is 39.1 Å². The molecule has 0 amide bonds. The lowest BCUT2D eigenvalue weighted by Gasteiger charge is -2.26. The highest BCUT2D eigenvalue weighted by atomic mass is 15.1. The molecular weight excluding hydrogens is 234 g/mol. The third kappa shape index (κ3) is 3.56. The van der Waals surface area contributed by atoms with Crippen molar-refractivity contribution >= 4 is 0 Å². The van der Waals surface area contributed by atoms with Crippen molar-refractivity contribution in [3.05, 3.63) is 35.4 Å². The highest BCUT2D eigenvalue weighted by Crippen LogP contribution is 2.17. The fraction of sp³-hybridized carbons (Fsp3) is 0.562. The van der Waals surface area contributed by atoms with E-state index in [1.807, 2.05) is 14.0 Å². The van der Waals surface area contributed by atoms with Crippen LogP contribution in [-0.4, -0.2) is 37.1 Å². The number of hydrogen-bond donors (Lipinski definition) is 1. The number of nitriles is 1. The van der Waals surface area contributed by atoms with Crippen LogP contribution in [-0.2, 0) is 12.8 Å². The van der Waals surface area contributed by atoms with Crippen LogP contribution in [0, 0.1) is 11.3 Å². The minimum atomic E-state index is -0.404. The van der Waals surface area contributed by atoms with E-state index in [2.05, 4.69) is 40.6 Å². The Morgan fingerprint density at radius 1 is 1.26 bits per heavy atom. The van der Waals surface area contributed by atoms with Crippen LogP contribution in [0.4, 0.5) is 0 Å². The number of hydrogen-bond acceptors (Lipinski definition) is 3. The first-order valence-corrected chi connectivity index (χ1v) is 7.06. The van der Waals surface area contributed by atoms with Gasteiger partial charge in [-0.2, -0.15) is 5.26 Å². The molecule has 102 valence electrons. The molecule has 0 saturated carbocycles. The third-order valence-corrected chi connectivity index (χ3v) is 4.24. The van der Waals surface area contributed by atoms with E-state index in [0.717, 1.165) is 38.9 Å². The zero-order chi connectivity index (χ0) is 13.7. The summed E-state index contributed by atoms with van der Waals surface area (Å²) in [7, 11) is 1.86. The van der Waals surface area contributed by atoms with Crippen molar-refractivity contribution in [2.45, 2.75) is 31.7 Å². The molecule has 0 aliphatic carbocycles. The van der Waals surface area contributed by atoms with Crippen LogP contribution in [0.25, 0.3) is 0 Å². The molecule has 0 spiro atoms. The Kier molecular flexibility index (Phi) is 4.57. The minimum Gasteiger partial charge on any atom is -0.303 e. The number of nitrogens with zero attached hydrogens (tertiary/aromatic N) is 2. The minimum absolute atomic E-state index is 0.404. The fourth-order valence-corrected chi connectivity index (χ4v) is 2.56. The van der Waals surface area contributed by atoms with Crippen LogP contribution in [0.1, 0.15) is 24.5 Å². The second-order valence-corrected chi connectivity index (χ2v) is 5.55. The van der Waals surface area contributed by atoms with Gasteiger partial charge in [0, 0.05) is 19.6 Å². The molecule has 1 aromatic carbocycles. The predicted octanol–water partition coefficient (Wildman–Crippen LogP) is 1.98. The molecule has 0 aromatic heterocycles. The summed E-state index contributed by atoms with van der Waals surface area (Å²) < 4.78 is 0. The van der Waals surface area contributed by atoms with Crippen molar-refractivity contribution in [2.24, 2.45) is 0 Å². The van der Waals surface area contributed by atoms with Gasteiger partial charge in [-0.1, -0.05) is 24.3 Å². The Morgan fingerprint density at radius 2 is 1.84 bits per heavy atom. The summed E-state index contributed by atoms with van der Waals surface area (Å²) >= 11 is 0. The molecule has 3 heteroatoms. The average Bonchev–Trinajstić information content (AvgIpc) is 2.67. The Balaban J connectivity index is 1.91. The first-order chi connectivity index (χ1) is 9.17. The van der Waals surface area contributed by atoms with Gasteiger partial charge < -0.3 is 10.2 Å². The molecule has 0 saturated heterocycles. The summed E-state index contributed by atoms with van der Waals surface area (Å²) in [5, 5.41) is 12.3. The van der Waals surface area contributed by atoms with Crippen molar-refractivity contribution in [1.82, 2.24) is 10.2 Å². The maximum Gasteiger partial charge on any atom is 0.104 e. The Labute approximate surface area is 116 Å². The number of benzene rings is 1. The average molecular weight is 257 g/mol. The summed E-state index contributed by atoms with van der Waals surface area (Å²) in [6.45, 7) is 5.16. The van der Waals surface area contributed by atoms with Gasteiger partial charge in [0.15, 0.2) is 0 Å². The Morgan fingerprint density at radius 3 is 2.32 bits per heavy atom. The predicted molar refractivity (Wildman–Crippen MR) is 78.0 cm³/mol. The Hall–Kier alpha value is -1.37. The van der Waals surface area contributed by atoms with Gasteiger partial charge in [0.25, 0.3) is 0 Å². The second-order valence-electron chi connectivity index (χ2n) is 5.55. The molecule has 1 aliphatic rings. The lowest BCUT2D eigenvalue weighted by Crippen LogP contribution is -2.42. The second kappa shape index (κ2) is 6.18. The van der Waals surface area contributed by atoms with Crippen molar-refractivity contribution in [3.63, 3.8) is 0 Å². The van der Waals surface area contributed by atoms with E-state index in [-0.39, 0.29) is 0 Å². The molecule has 0 radical (unpaired) electrons. The summed E-state index contributed by atoms with van der Waals surface area (Å²) in [6.07, 6.45) is 3.12. The summed E-state index contributed by atoms with van der Waals surface area (Å²) in [6, 6.07) is 11.1. The van der Waals surface area contributed by atoms with Crippen LogP contribution < -0.4 is 5.32 Å². The maximum absolute atomic E-state index is 9.18. The SMILES string of the molecule is CNC(C)(C#N)CCN1CCc2ccccc2CC1. The van der Waals surface area contributed by atoms with Gasteiger partial charge >= 0.3 is 0 Å². The number of fused-ring (bicyclic) bond motifs is 1. The summed E-state index contributed by atoms with van der Waals surface area (Å²) in [4.78, 5) is 2.48. The number of nitrogens with one attached hydrogen (secondary N) is 1. The van der Waals surface area contributed by atoms with E-state index < -0.39 is 5.54 Å². The van der Waals surface area contributed by atoms with Gasteiger partial charge in [-0.25, -0.2) is 0 Å². The highest BCUT2D eigenvalue weighted by Gasteiger charge is 2.22. The molecule has 19 heavy (non-hydrogen) atoms. The lowest BCUT2D eigenvalue weighted by atomic mass is 10.00. The first-order valence-electron chi connectivity index (χ1n) is 7.06. The molecule has 0 fully saturated rings. The maximum atomic E-state index is 9.18. The first kappa shape index (κ1) is 14.0. The van der Waals surface area contributed by atoms with Crippen LogP contribution in [0.5, 0.6) is 0 Å². The van der Waals surface area contributed by atoms with E-state index >= 15 is 0 Å². The van der Waals surface area contributed by atoms with E-state index in [9.17, 15) is 5.26 Å². The van der Waals surface area contributed by atoms with E-state index in [0.29, 0.717) is 0 Å². The standard InChI is InChI=1S/C16H23N3/c1-16(13-17,18-2)9-12-19-10-7-14-5-3-4-6-15(14)8-11-19/h3-6,18H,7-12H2,1-2H3. The van der Waals surface area contributed by atoms with Crippen LogP contribution >= 0.6 is 0 Å². The zero-order valence-corrected chi connectivity index (χ0v) is 11.9. The molecular formula is C16H23N3. The third-order valence-electron chi connectivity index (χ3n) is 4.24. The molecule has 2 rings (SSSR count).